The molecule has 324 valence electrons. The topological polar surface area (TPSA) is 320 Å². The van der Waals surface area contributed by atoms with Gasteiger partial charge in [0.25, 0.3) is 21.9 Å². The molecule has 0 spiro atoms. The molecule has 0 saturated carbocycles. The summed E-state index contributed by atoms with van der Waals surface area (Å²) in [6.45, 7) is 1.80. The van der Waals surface area contributed by atoms with Crippen molar-refractivity contribution in [3.05, 3.63) is 127 Å². The van der Waals surface area contributed by atoms with Gasteiger partial charge in [-0.05, 0) is 96.6 Å². The normalized spacial score (nSPS) is 13.8. The number of carbonyl (C=O) groups excluding carboxylic acids is 3. The molecule has 1 aliphatic heterocycles. The number of carboxylic acid groups (broad SMARTS) is 1. The number of anilines is 2. The average Bonchev–Trinajstić information content (AvgIpc) is 3.60. The summed E-state index contributed by atoms with van der Waals surface area (Å²) in [7, 11) is -9.80. The van der Waals surface area contributed by atoms with Crippen molar-refractivity contribution in [1.29, 1.82) is 0 Å². The number of benzene rings is 6. The second-order valence-corrected chi connectivity index (χ2v) is 16.1. The molecule has 6 aromatic rings. The monoisotopic (exact) mass is 971 g/mol. The molecule has 7 rings (SSSR count). The Balaban J connectivity index is 0.00000327. The Morgan fingerprint density at radius 3 is 2.10 bits per heavy atom. The Bertz CT molecular complexity index is 3230. The van der Waals surface area contributed by atoms with Crippen molar-refractivity contribution >= 4 is 94.3 Å². The number of carbonyl (C=O) groups is 3. The van der Waals surface area contributed by atoms with Gasteiger partial charge in [0.1, 0.15) is 32.2 Å². The summed E-state index contributed by atoms with van der Waals surface area (Å²) < 4.78 is 74.8. The van der Waals surface area contributed by atoms with E-state index in [1.54, 1.807) is 37.3 Å². The molecule has 0 fully saturated rings. The van der Waals surface area contributed by atoms with E-state index in [1.807, 2.05) is 0 Å². The van der Waals surface area contributed by atoms with Gasteiger partial charge in [0.05, 0.1) is 45.9 Å². The first-order chi connectivity index (χ1) is 30.5. The molecule has 2 amide bonds. The molecule has 0 aromatic heterocycles. The second-order valence-electron chi connectivity index (χ2n) is 13.3. The van der Waals surface area contributed by atoms with Gasteiger partial charge in [-0.15, -0.1) is 5.11 Å². The number of hydrazone groups is 1. The van der Waals surface area contributed by atoms with Gasteiger partial charge in [-0.25, -0.2) is 8.42 Å². The molecule has 21 nitrogen and oxygen atoms in total. The van der Waals surface area contributed by atoms with Gasteiger partial charge in [0.2, 0.25) is 0 Å². The largest absolute Gasteiger partial charge is 1.00 e. The third kappa shape index (κ3) is 13.1. The minimum absolute atomic E-state index is 0. The van der Waals surface area contributed by atoms with Crippen molar-refractivity contribution < 1.29 is 144 Å². The van der Waals surface area contributed by atoms with E-state index in [4.69, 9.17) is 4.74 Å². The van der Waals surface area contributed by atoms with E-state index >= 15 is 0 Å². The van der Waals surface area contributed by atoms with Crippen LogP contribution in [0.15, 0.2) is 167 Å². The maximum atomic E-state index is 13.6. The van der Waals surface area contributed by atoms with E-state index in [0.29, 0.717) is 10.6 Å². The predicted molar refractivity (Wildman–Crippen MR) is 223 cm³/mol. The van der Waals surface area contributed by atoms with Gasteiger partial charge in [-0.1, -0.05) is 42.1 Å². The van der Waals surface area contributed by atoms with Crippen molar-refractivity contribution in [2.45, 2.75) is 22.8 Å². The molecular weight excluding hydrogens is 944 g/mol. The first-order valence-electron chi connectivity index (χ1n) is 18.4. The maximum absolute atomic E-state index is 13.6. The quantitative estimate of drug-likeness (QED) is 0.0634. The molecular formula is C41H28N9Na3O12S2. The molecule has 1 unspecified atom stereocenters. The molecule has 6 aromatic carbocycles. The summed E-state index contributed by atoms with van der Waals surface area (Å²) in [5.41, 5.74) is -0.782. The smallest absolute Gasteiger partial charge is 0.871 e. The Morgan fingerprint density at radius 2 is 1.45 bits per heavy atom. The molecule has 1 heterocycles. The van der Waals surface area contributed by atoms with E-state index in [9.17, 15) is 50.5 Å². The third-order valence-corrected chi connectivity index (χ3v) is 10.7. The van der Waals surface area contributed by atoms with E-state index < -0.39 is 71.0 Å². The van der Waals surface area contributed by atoms with Crippen LogP contribution in [0.25, 0.3) is 10.8 Å². The number of carboxylic acids is 1. The van der Waals surface area contributed by atoms with Crippen molar-refractivity contribution in [2.24, 2.45) is 35.8 Å². The van der Waals surface area contributed by atoms with Crippen LogP contribution in [-0.2, 0) is 29.8 Å². The van der Waals surface area contributed by atoms with Crippen molar-refractivity contribution in [2.75, 3.05) is 16.9 Å². The Labute approximate surface area is 447 Å². The molecule has 2 N–H and O–H groups in total. The van der Waals surface area contributed by atoms with Crippen LogP contribution in [0.4, 0.5) is 39.8 Å². The zero-order valence-electron chi connectivity index (χ0n) is 35.7. The van der Waals surface area contributed by atoms with Crippen molar-refractivity contribution in [3.63, 3.8) is 0 Å². The van der Waals surface area contributed by atoms with Crippen LogP contribution >= 0.6 is 0 Å². The fraction of sp³-hybridized carbons (Fsp3) is 0.0732. The van der Waals surface area contributed by atoms with Crippen molar-refractivity contribution in [3.8, 4) is 11.5 Å². The Kier molecular flexibility index (Phi) is 18.9. The number of hydrogen-bond donors (Lipinski definition) is 2. The number of azo groups is 3. The van der Waals surface area contributed by atoms with Crippen LogP contribution in [0.3, 0.4) is 0 Å². The molecule has 1 aliphatic rings. The van der Waals surface area contributed by atoms with E-state index in [0.717, 1.165) is 18.2 Å². The number of nitrogens with one attached hydrogen (secondary N) is 1. The van der Waals surface area contributed by atoms with E-state index in [1.165, 1.54) is 72.8 Å². The van der Waals surface area contributed by atoms with E-state index in [-0.39, 0.29) is 146 Å². The Hall–Kier alpha value is -5.12. The molecule has 0 bridgehead atoms. The van der Waals surface area contributed by atoms with Crippen LogP contribution < -0.4 is 114 Å². The van der Waals surface area contributed by atoms with E-state index in [2.05, 4.69) is 41.1 Å². The minimum atomic E-state index is -5.07. The fourth-order valence-electron chi connectivity index (χ4n) is 6.04. The van der Waals surface area contributed by atoms with Crippen LogP contribution in [-0.4, -0.2) is 62.1 Å². The number of hydrogen-bond acceptors (Lipinski definition) is 18. The second kappa shape index (κ2) is 23.3. The summed E-state index contributed by atoms with van der Waals surface area (Å²) >= 11 is 0. The van der Waals surface area contributed by atoms with Crippen molar-refractivity contribution in [1.82, 2.24) is 0 Å². The molecule has 0 saturated heterocycles. The molecule has 67 heavy (non-hydrogen) atoms. The number of aliphatic carboxylic acids is 1. The number of rotatable bonds is 14. The molecule has 0 radical (unpaired) electrons. The van der Waals surface area contributed by atoms with Gasteiger partial charge >= 0.3 is 88.7 Å². The first kappa shape index (κ1) is 54.5. The zero-order valence-corrected chi connectivity index (χ0v) is 43.3. The number of fused-ring (bicyclic) bond motifs is 1. The summed E-state index contributed by atoms with van der Waals surface area (Å²) in [6.07, 6.45) is 0. The summed E-state index contributed by atoms with van der Waals surface area (Å²) in [5, 5.41) is 56.8. The number of nitrogens with zero attached hydrogens (tertiary/aromatic N) is 8. The fourth-order valence-corrected chi connectivity index (χ4v) is 7.20. The molecule has 26 heteroatoms. The minimum Gasteiger partial charge on any atom is -0.871 e. The summed E-state index contributed by atoms with van der Waals surface area (Å²) in [4.78, 5) is 37.1. The van der Waals surface area contributed by atoms with Gasteiger partial charge in [0, 0.05) is 17.3 Å². The SMILES string of the molecule is CCOc1cc(N=Nc2cccc(S(=O)(=O)[O-])c2)ccc1N=NC1C(=O)N(c2cccc(N=Nc3c(S(=O)(=O)O)cc4cc(NC(=O)c5ccccc5)ccc4c3[O-])c2)N=C1C(=O)[O-].[Na+].[Na+].[Na+]. The summed E-state index contributed by atoms with van der Waals surface area (Å²) in [5.74, 6) is -4.12. The number of ether oxygens (including phenoxy) is 1. The molecule has 0 aliphatic carbocycles. The van der Waals surface area contributed by atoms with Gasteiger partial charge in [0.15, 0.2) is 6.04 Å². The maximum Gasteiger partial charge on any atom is 1.00 e. The van der Waals surface area contributed by atoms with Crippen LogP contribution in [0.1, 0.15) is 17.3 Å². The average molecular weight is 972 g/mol. The Morgan fingerprint density at radius 1 is 0.791 bits per heavy atom. The summed E-state index contributed by atoms with van der Waals surface area (Å²) in [6, 6.07) is 26.0. The molecule has 1 atom stereocenters. The van der Waals surface area contributed by atoms with Gasteiger partial charge < -0.3 is 29.6 Å². The predicted octanol–water partition coefficient (Wildman–Crippen LogP) is -2.84. The zero-order chi connectivity index (χ0) is 45.8. The van der Waals surface area contributed by atoms with Gasteiger partial charge in [-0.2, -0.15) is 44.1 Å². The standard InChI is InChI=1S/C41H31N9O12S2.3Na/c1-2-62-33-22-28(44-43-27-11-7-13-30(21-27)63(56,57)58)15-17-32(33)46-48-36-37(41(54)55)49-50(40(36)53)29-12-6-10-26(20-29)45-47-35-34(64(59,60)61)19-24-18-25(14-16-31(24)38(35)51)42-39(52)23-8-4-3-5-9-23;;;/h3-22,36,51H,2H2,1H3,(H,42,52)(H,54,55)(H,56,57,58)(H,59,60,61);;;/q;3*+1/p-3. The van der Waals surface area contributed by atoms with Crippen LogP contribution in [0.5, 0.6) is 11.5 Å². The van der Waals surface area contributed by atoms with Crippen LogP contribution in [0.2, 0.25) is 0 Å². The third-order valence-electron chi connectivity index (χ3n) is 8.97. The van der Waals surface area contributed by atoms with Crippen LogP contribution in [0, 0.1) is 0 Å². The number of amides is 2. The first-order valence-corrected chi connectivity index (χ1v) is 21.3. The van der Waals surface area contributed by atoms with Gasteiger partial charge in [-0.3, -0.25) is 14.1 Å².